The SMILES string of the molecule is CCOC(=O)C1=C(CCl)OC(N)=C(C#N)[C@H]1c1ccc(OC)c(OC)c1OC. The molecule has 2 rings (SSSR count). The highest BCUT2D eigenvalue weighted by Gasteiger charge is 2.39. The molecule has 0 unspecified atom stereocenters. The number of nitrogens with two attached hydrogens (primary N) is 1. The first-order valence-corrected chi connectivity index (χ1v) is 8.84. The molecule has 0 bridgehead atoms. The van der Waals surface area contributed by atoms with Crippen LogP contribution in [0.5, 0.6) is 17.2 Å². The van der Waals surface area contributed by atoms with Gasteiger partial charge in [0.15, 0.2) is 11.5 Å². The molecule has 8 nitrogen and oxygen atoms in total. The molecular formula is C19H21ClN2O6. The predicted octanol–water partition coefficient (Wildman–Crippen LogP) is 2.58. The molecule has 9 heteroatoms. The van der Waals surface area contributed by atoms with E-state index in [1.807, 2.05) is 6.07 Å². The van der Waals surface area contributed by atoms with Gasteiger partial charge < -0.3 is 29.4 Å². The molecule has 0 saturated heterocycles. The topological polar surface area (TPSA) is 113 Å². The number of allylic oxidation sites excluding steroid dienone is 2. The summed E-state index contributed by atoms with van der Waals surface area (Å²) in [5.74, 6) is -0.747. The number of hydrogen-bond acceptors (Lipinski definition) is 8. The van der Waals surface area contributed by atoms with Gasteiger partial charge in [0.2, 0.25) is 11.6 Å². The van der Waals surface area contributed by atoms with E-state index < -0.39 is 11.9 Å². The first-order chi connectivity index (χ1) is 13.5. The van der Waals surface area contributed by atoms with E-state index in [0.29, 0.717) is 17.1 Å². The van der Waals surface area contributed by atoms with Gasteiger partial charge in [-0.2, -0.15) is 5.26 Å². The molecule has 0 spiro atoms. The Kier molecular flexibility index (Phi) is 7.01. The average molecular weight is 409 g/mol. The summed E-state index contributed by atoms with van der Waals surface area (Å²) < 4.78 is 26.8. The molecule has 1 heterocycles. The van der Waals surface area contributed by atoms with E-state index in [2.05, 4.69) is 0 Å². The van der Waals surface area contributed by atoms with Crippen molar-refractivity contribution in [2.24, 2.45) is 5.73 Å². The number of carbonyl (C=O) groups excluding carboxylic acids is 1. The number of ether oxygens (including phenoxy) is 5. The smallest absolute Gasteiger partial charge is 0.338 e. The van der Waals surface area contributed by atoms with E-state index in [0.717, 1.165) is 0 Å². The van der Waals surface area contributed by atoms with Crippen molar-refractivity contribution in [3.8, 4) is 23.3 Å². The molecule has 28 heavy (non-hydrogen) atoms. The Morgan fingerprint density at radius 1 is 1.25 bits per heavy atom. The Balaban J connectivity index is 2.83. The Morgan fingerprint density at radius 2 is 1.93 bits per heavy atom. The molecule has 1 atom stereocenters. The van der Waals surface area contributed by atoms with Crippen molar-refractivity contribution in [2.75, 3.05) is 33.8 Å². The third-order valence-electron chi connectivity index (χ3n) is 4.16. The molecule has 0 aromatic heterocycles. The van der Waals surface area contributed by atoms with Gasteiger partial charge in [0, 0.05) is 5.56 Å². The average Bonchev–Trinajstić information content (AvgIpc) is 2.71. The second-order valence-electron chi connectivity index (χ2n) is 5.54. The molecular weight excluding hydrogens is 388 g/mol. The van der Waals surface area contributed by atoms with Crippen LogP contribution in [0.15, 0.2) is 34.9 Å². The van der Waals surface area contributed by atoms with Crippen LogP contribution in [0, 0.1) is 11.3 Å². The molecule has 0 radical (unpaired) electrons. The minimum absolute atomic E-state index is 0.0300. The summed E-state index contributed by atoms with van der Waals surface area (Å²) in [5, 5.41) is 9.70. The fraction of sp³-hybridized carbons (Fsp3) is 0.368. The number of hydrogen-bond donors (Lipinski definition) is 1. The minimum atomic E-state index is -0.915. The van der Waals surface area contributed by atoms with Crippen molar-refractivity contribution < 1.29 is 28.5 Å². The third kappa shape index (κ3) is 3.66. The summed E-state index contributed by atoms with van der Waals surface area (Å²) in [6.45, 7) is 1.80. The second-order valence-corrected chi connectivity index (χ2v) is 5.81. The van der Waals surface area contributed by atoms with Crippen molar-refractivity contribution >= 4 is 17.6 Å². The van der Waals surface area contributed by atoms with Gasteiger partial charge in [0.1, 0.15) is 17.4 Å². The van der Waals surface area contributed by atoms with E-state index in [1.165, 1.54) is 21.3 Å². The fourth-order valence-electron chi connectivity index (χ4n) is 3.01. The van der Waals surface area contributed by atoms with Crippen LogP contribution in [0.1, 0.15) is 18.4 Å². The summed E-state index contributed by atoms with van der Waals surface area (Å²) in [6.07, 6.45) is 0. The highest BCUT2D eigenvalue weighted by Crippen LogP contribution is 2.48. The number of esters is 1. The van der Waals surface area contributed by atoms with Crippen molar-refractivity contribution in [1.29, 1.82) is 5.26 Å². The second kappa shape index (κ2) is 9.24. The van der Waals surface area contributed by atoms with E-state index >= 15 is 0 Å². The normalized spacial score (nSPS) is 16.2. The molecule has 0 aliphatic carbocycles. The number of carbonyl (C=O) groups is 1. The minimum Gasteiger partial charge on any atom is -0.493 e. The maximum absolute atomic E-state index is 12.7. The van der Waals surface area contributed by atoms with Crippen molar-refractivity contribution in [3.63, 3.8) is 0 Å². The quantitative estimate of drug-likeness (QED) is 0.541. The molecule has 1 aromatic rings. The molecule has 150 valence electrons. The van der Waals surface area contributed by atoms with E-state index in [-0.39, 0.29) is 41.0 Å². The molecule has 1 aliphatic rings. The number of methoxy groups -OCH3 is 3. The summed E-state index contributed by atoms with van der Waals surface area (Å²) in [7, 11) is 4.38. The van der Waals surface area contributed by atoms with E-state index in [1.54, 1.807) is 19.1 Å². The number of nitrogens with zero attached hydrogens (tertiary/aromatic N) is 1. The standard InChI is InChI=1S/C19H21ClN2O6/c1-5-27-19(23)15-13(8-20)28-18(22)11(9-21)14(15)10-6-7-12(24-2)17(26-4)16(10)25-3/h6-7,14H,5,8,22H2,1-4H3/t14-/m1/s1. The molecule has 0 fully saturated rings. The number of benzene rings is 1. The molecule has 0 saturated carbocycles. The lowest BCUT2D eigenvalue weighted by molar-refractivity contribution is -0.139. The van der Waals surface area contributed by atoms with Crippen LogP contribution in [0.4, 0.5) is 0 Å². The van der Waals surface area contributed by atoms with Crippen LogP contribution in [0.25, 0.3) is 0 Å². The maximum Gasteiger partial charge on any atom is 0.338 e. The van der Waals surface area contributed by atoms with E-state index in [4.69, 9.17) is 41.0 Å². The largest absolute Gasteiger partial charge is 0.493 e. The lowest BCUT2D eigenvalue weighted by Crippen LogP contribution is -2.27. The van der Waals surface area contributed by atoms with E-state index in [9.17, 15) is 10.1 Å². The zero-order chi connectivity index (χ0) is 20.8. The Bertz CT molecular complexity index is 872. The molecule has 1 aliphatic heterocycles. The van der Waals surface area contributed by atoms with Crippen LogP contribution in [0.3, 0.4) is 0 Å². The Morgan fingerprint density at radius 3 is 2.43 bits per heavy atom. The Labute approximate surface area is 168 Å². The van der Waals surface area contributed by atoms with Gasteiger partial charge >= 0.3 is 5.97 Å². The highest BCUT2D eigenvalue weighted by atomic mass is 35.5. The molecule has 0 amide bonds. The first-order valence-electron chi connectivity index (χ1n) is 8.31. The number of halogens is 1. The van der Waals surface area contributed by atoms with Gasteiger partial charge in [-0.25, -0.2) is 4.79 Å². The van der Waals surface area contributed by atoms with Crippen LogP contribution in [0.2, 0.25) is 0 Å². The van der Waals surface area contributed by atoms with Crippen molar-refractivity contribution in [2.45, 2.75) is 12.8 Å². The van der Waals surface area contributed by atoms with Gasteiger partial charge in [0.25, 0.3) is 0 Å². The number of rotatable bonds is 7. The van der Waals surface area contributed by atoms with Gasteiger partial charge in [0.05, 0.1) is 45.3 Å². The zero-order valence-electron chi connectivity index (χ0n) is 16.0. The fourth-order valence-corrected chi connectivity index (χ4v) is 3.21. The molecule has 2 N–H and O–H groups in total. The lowest BCUT2D eigenvalue weighted by atomic mass is 9.82. The maximum atomic E-state index is 12.7. The first kappa shape index (κ1) is 21.3. The van der Waals surface area contributed by atoms with Crippen molar-refractivity contribution in [1.82, 2.24) is 0 Å². The summed E-state index contributed by atoms with van der Waals surface area (Å²) in [4.78, 5) is 12.7. The van der Waals surface area contributed by atoms with Gasteiger partial charge in [-0.3, -0.25) is 0 Å². The van der Waals surface area contributed by atoms with Gasteiger partial charge in [-0.1, -0.05) is 6.07 Å². The summed E-state index contributed by atoms with van der Waals surface area (Å²) >= 11 is 5.98. The lowest BCUT2D eigenvalue weighted by Gasteiger charge is -2.29. The van der Waals surface area contributed by atoms with Crippen molar-refractivity contribution in [3.05, 3.63) is 40.5 Å². The molecule has 1 aromatic carbocycles. The van der Waals surface area contributed by atoms with Crippen LogP contribution >= 0.6 is 11.6 Å². The zero-order valence-corrected chi connectivity index (χ0v) is 16.8. The van der Waals surface area contributed by atoms with Gasteiger partial charge in [-0.15, -0.1) is 11.6 Å². The number of alkyl halides is 1. The summed E-state index contributed by atoms with van der Waals surface area (Å²) in [5.41, 5.74) is 6.49. The van der Waals surface area contributed by atoms with Crippen LogP contribution in [-0.4, -0.2) is 39.8 Å². The van der Waals surface area contributed by atoms with Crippen LogP contribution < -0.4 is 19.9 Å². The third-order valence-corrected chi connectivity index (χ3v) is 4.40. The predicted molar refractivity (Wildman–Crippen MR) is 101 cm³/mol. The Hall–Kier alpha value is -3.05. The van der Waals surface area contributed by atoms with Gasteiger partial charge in [-0.05, 0) is 13.0 Å². The highest BCUT2D eigenvalue weighted by molar-refractivity contribution is 6.19. The van der Waals surface area contributed by atoms with Crippen LogP contribution in [-0.2, 0) is 14.3 Å². The summed E-state index contributed by atoms with van der Waals surface area (Å²) in [6, 6.07) is 5.31. The number of nitriles is 1. The monoisotopic (exact) mass is 408 g/mol.